The van der Waals surface area contributed by atoms with E-state index in [0.717, 1.165) is 41.9 Å². The number of fused-ring (bicyclic) bond motifs is 3. The fraction of sp³-hybridized carbons (Fsp3) is 0.500. The van der Waals surface area contributed by atoms with Gasteiger partial charge in [-0.1, -0.05) is 6.92 Å². The molecule has 0 saturated carbocycles. The first kappa shape index (κ1) is 13.8. The highest BCUT2D eigenvalue weighted by atomic mass is 16.5. The molecule has 2 fully saturated rings. The number of aromatic nitrogens is 1. The highest BCUT2D eigenvalue weighted by Crippen LogP contribution is 2.33. The van der Waals surface area contributed by atoms with Crippen molar-refractivity contribution in [3.8, 4) is 5.75 Å². The molecule has 0 aliphatic carbocycles. The van der Waals surface area contributed by atoms with E-state index in [1.807, 2.05) is 0 Å². The first-order chi connectivity index (χ1) is 10.8. The van der Waals surface area contributed by atoms with Crippen molar-refractivity contribution in [2.45, 2.75) is 38.4 Å². The molecule has 4 nitrogen and oxygen atoms in total. The van der Waals surface area contributed by atoms with Crippen molar-refractivity contribution in [2.24, 2.45) is 0 Å². The summed E-state index contributed by atoms with van der Waals surface area (Å²) in [5.74, 6) is 0.917. The van der Waals surface area contributed by atoms with Crippen LogP contribution in [0.2, 0.25) is 0 Å². The van der Waals surface area contributed by atoms with E-state index in [-0.39, 0.29) is 0 Å². The summed E-state index contributed by atoms with van der Waals surface area (Å²) in [5.41, 5.74) is 3.33. The number of nitrogens with zero attached hydrogens (tertiary/aromatic N) is 2. The van der Waals surface area contributed by atoms with Gasteiger partial charge < -0.3 is 14.4 Å². The molecule has 22 heavy (non-hydrogen) atoms. The summed E-state index contributed by atoms with van der Waals surface area (Å²) in [5, 5.41) is 1.09. The predicted molar refractivity (Wildman–Crippen MR) is 87.8 cm³/mol. The zero-order valence-electron chi connectivity index (χ0n) is 13.2. The van der Waals surface area contributed by atoms with Crippen molar-refractivity contribution >= 4 is 16.6 Å². The summed E-state index contributed by atoms with van der Waals surface area (Å²) in [6, 6.07) is 8.56. The van der Waals surface area contributed by atoms with Crippen LogP contribution in [-0.4, -0.2) is 37.4 Å². The molecule has 1 aromatic carbocycles. The van der Waals surface area contributed by atoms with Gasteiger partial charge in [0.25, 0.3) is 0 Å². The number of benzene rings is 1. The summed E-state index contributed by atoms with van der Waals surface area (Å²) in [6.45, 7) is 4.10. The highest BCUT2D eigenvalue weighted by Gasteiger charge is 2.33. The molecule has 2 atom stereocenters. The molecular formula is C18H22N2O2. The first-order valence-corrected chi connectivity index (χ1v) is 8.15. The SMILES string of the molecule is CCc1cc(OC)c2cc(N3CC4CCC(C3)O4)ccc2n1. The van der Waals surface area contributed by atoms with Crippen LogP contribution in [0.4, 0.5) is 5.69 Å². The molecule has 2 unspecified atom stereocenters. The molecule has 3 heterocycles. The smallest absolute Gasteiger partial charge is 0.130 e. The van der Waals surface area contributed by atoms with Gasteiger partial charge in [0, 0.05) is 35.9 Å². The van der Waals surface area contributed by atoms with Gasteiger partial charge in [-0.05, 0) is 37.5 Å². The van der Waals surface area contributed by atoms with Crippen LogP contribution in [0.5, 0.6) is 5.75 Å². The first-order valence-electron chi connectivity index (χ1n) is 8.15. The predicted octanol–water partition coefficient (Wildman–Crippen LogP) is 3.17. The molecule has 116 valence electrons. The second kappa shape index (κ2) is 5.43. The third-order valence-electron chi connectivity index (χ3n) is 4.80. The molecule has 2 saturated heterocycles. The fourth-order valence-corrected chi connectivity index (χ4v) is 3.61. The normalized spacial score (nSPS) is 24.0. The number of aryl methyl sites for hydroxylation is 1. The van der Waals surface area contributed by atoms with Crippen molar-refractivity contribution in [3.63, 3.8) is 0 Å². The quantitative estimate of drug-likeness (QED) is 0.872. The Kier molecular flexibility index (Phi) is 3.41. The van der Waals surface area contributed by atoms with Crippen LogP contribution in [-0.2, 0) is 11.2 Å². The van der Waals surface area contributed by atoms with Gasteiger partial charge >= 0.3 is 0 Å². The van der Waals surface area contributed by atoms with Gasteiger partial charge in [0.2, 0.25) is 0 Å². The second-order valence-corrected chi connectivity index (χ2v) is 6.23. The Morgan fingerprint density at radius 2 is 2.00 bits per heavy atom. The van der Waals surface area contributed by atoms with E-state index < -0.39 is 0 Å². The molecule has 2 aliphatic rings. The fourth-order valence-electron chi connectivity index (χ4n) is 3.61. The van der Waals surface area contributed by atoms with Gasteiger partial charge in [-0.2, -0.15) is 0 Å². The summed E-state index contributed by atoms with van der Waals surface area (Å²) in [6.07, 6.45) is 4.11. The largest absolute Gasteiger partial charge is 0.496 e. The zero-order valence-corrected chi connectivity index (χ0v) is 13.2. The van der Waals surface area contributed by atoms with E-state index in [1.54, 1.807) is 7.11 Å². The average Bonchev–Trinajstić information content (AvgIpc) is 2.91. The van der Waals surface area contributed by atoms with Crippen LogP contribution < -0.4 is 9.64 Å². The number of hydrogen-bond acceptors (Lipinski definition) is 4. The lowest BCUT2D eigenvalue weighted by Crippen LogP contribution is -2.42. The van der Waals surface area contributed by atoms with Gasteiger partial charge in [0.15, 0.2) is 0 Å². The number of hydrogen-bond donors (Lipinski definition) is 0. The lowest BCUT2D eigenvalue weighted by Gasteiger charge is -2.34. The summed E-state index contributed by atoms with van der Waals surface area (Å²) >= 11 is 0. The van der Waals surface area contributed by atoms with E-state index in [0.29, 0.717) is 12.2 Å². The van der Waals surface area contributed by atoms with Crippen LogP contribution in [0.25, 0.3) is 10.9 Å². The molecule has 4 heteroatoms. The molecule has 2 bridgehead atoms. The molecule has 1 aromatic heterocycles. The van der Waals surface area contributed by atoms with Gasteiger partial charge in [-0.3, -0.25) is 4.98 Å². The van der Waals surface area contributed by atoms with Crippen LogP contribution in [0.15, 0.2) is 24.3 Å². The van der Waals surface area contributed by atoms with Gasteiger partial charge in [-0.15, -0.1) is 0 Å². The summed E-state index contributed by atoms with van der Waals surface area (Å²) in [7, 11) is 1.73. The van der Waals surface area contributed by atoms with E-state index >= 15 is 0 Å². The molecular weight excluding hydrogens is 276 g/mol. The Bertz CT molecular complexity index is 689. The van der Waals surface area contributed by atoms with E-state index in [9.17, 15) is 0 Å². The molecule has 0 radical (unpaired) electrons. The maximum atomic E-state index is 5.93. The molecule has 0 amide bonds. The Morgan fingerprint density at radius 1 is 1.23 bits per heavy atom. The number of rotatable bonds is 3. The molecule has 2 aliphatic heterocycles. The van der Waals surface area contributed by atoms with Crippen LogP contribution >= 0.6 is 0 Å². The topological polar surface area (TPSA) is 34.6 Å². The Labute approximate surface area is 131 Å². The van der Waals surface area contributed by atoms with E-state index in [2.05, 4.69) is 36.1 Å². The van der Waals surface area contributed by atoms with Crippen molar-refractivity contribution in [2.75, 3.05) is 25.1 Å². The average molecular weight is 298 g/mol. The maximum absolute atomic E-state index is 5.93. The minimum Gasteiger partial charge on any atom is -0.496 e. The van der Waals surface area contributed by atoms with Crippen molar-refractivity contribution < 1.29 is 9.47 Å². The number of ether oxygens (including phenoxy) is 2. The lowest BCUT2D eigenvalue weighted by molar-refractivity contribution is 0.0305. The van der Waals surface area contributed by atoms with Crippen molar-refractivity contribution in [3.05, 3.63) is 30.0 Å². The minimum absolute atomic E-state index is 0.400. The molecule has 4 rings (SSSR count). The van der Waals surface area contributed by atoms with Crippen LogP contribution in [0, 0.1) is 0 Å². The number of anilines is 1. The minimum atomic E-state index is 0.400. The number of morpholine rings is 1. The molecule has 2 aromatic rings. The Balaban J connectivity index is 1.73. The number of methoxy groups -OCH3 is 1. The third kappa shape index (κ3) is 2.31. The Hall–Kier alpha value is -1.81. The summed E-state index contributed by atoms with van der Waals surface area (Å²) < 4.78 is 11.5. The molecule has 0 spiro atoms. The third-order valence-corrected chi connectivity index (χ3v) is 4.80. The van der Waals surface area contributed by atoms with Gasteiger partial charge in [-0.25, -0.2) is 0 Å². The monoisotopic (exact) mass is 298 g/mol. The second-order valence-electron chi connectivity index (χ2n) is 6.23. The Morgan fingerprint density at radius 3 is 2.68 bits per heavy atom. The number of pyridine rings is 1. The summed E-state index contributed by atoms with van der Waals surface area (Å²) in [4.78, 5) is 7.15. The standard InChI is InChI=1S/C18H22N2O2/c1-3-12-8-18(21-2)16-9-13(4-7-17(16)19-12)20-10-14-5-6-15(11-20)22-14/h4,7-9,14-15H,3,5-6,10-11H2,1-2H3. The van der Waals surface area contributed by atoms with E-state index in [4.69, 9.17) is 14.5 Å². The van der Waals surface area contributed by atoms with E-state index in [1.165, 1.54) is 18.5 Å². The van der Waals surface area contributed by atoms with Gasteiger partial charge in [0.05, 0.1) is 24.8 Å². The van der Waals surface area contributed by atoms with Crippen LogP contribution in [0.3, 0.4) is 0 Å². The lowest BCUT2D eigenvalue weighted by atomic mass is 10.1. The zero-order chi connectivity index (χ0) is 15.1. The molecule has 0 N–H and O–H groups in total. The van der Waals surface area contributed by atoms with Crippen molar-refractivity contribution in [1.29, 1.82) is 0 Å². The van der Waals surface area contributed by atoms with Gasteiger partial charge in [0.1, 0.15) is 5.75 Å². The van der Waals surface area contributed by atoms with Crippen LogP contribution in [0.1, 0.15) is 25.5 Å². The highest BCUT2D eigenvalue weighted by molar-refractivity contribution is 5.88. The maximum Gasteiger partial charge on any atom is 0.130 e. The van der Waals surface area contributed by atoms with Crippen molar-refractivity contribution in [1.82, 2.24) is 4.98 Å².